The Morgan fingerprint density at radius 3 is 2.41 bits per heavy atom. The van der Waals surface area contributed by atoms with Crippen molar-refractivity contribution in [3.8, 4) is 11.5 Å². The molecule has 1 saturated carbocycles. The second kappa shape index (κ2) is 6.11. The molecular weight excluding hydrogens is 274 g/mol. The number of rotatable bonds is 3. The second-order valence-electron chi connectivity index (χ2n) is 7.97. The van der Waals surface area contributed by atoms with Crippen molar-refractivity contribution in [1.82, 2.24) is 4.90 Å². The molecule has 0 atom stereocenters. The molecule has 0 bridgehead atoms. The van der Waals surface area contributed by atoms with Gasteiger partial charge in [-0.15, -0.1) is 0 Å². The lowest BCUT2D eigenvalue weighted by atomic mass is 9.71. The predicted molar refractivity (Wildman–Crippen MR) is 89.2 cm³/mol. The Morgan fingerprint density at radius 1 is 1.05 bits per heavy atom. The van der Waals surface area contributed by atoms with Crippen LogP contribution in [0.4, 0.5) is 0 Å². The molecule has 3 heteroatoms. The molecule has 1 aromatic carbocycles. The third kappa shape index (κ3) is 3.40. The van der Waals surface area contributed by atoms with Crippen LogP contribution in [0, 0.1) is 11.3 Å². The third-order valence-electron chi connectivity index (χ3n) is 5.41. The summed E-state index contributed by atoms with van der Waals surface area (Å²) in [6.45, 7) is 8.49. The van der Waals surface area contributed by atoms with Crippen LogP contribution in [0.1, 0.15) is 52.0 Å². The monoisotopic (exact) mass is 303 g/mol. The first kappa shape index (κ1) is 15.7. The summed E-state index contributed by atoms with van der Waals surface area (Å²) in [5.41, 5.74) is 1.77. The van der Waals surface area contributed by atoms with E-state index < -0.39 is 0 Å². The lowest BCUT2D eigenvalue weighted by Gasteiger charge is -2.40. The van der Waals surface area contributed by atoms with E-state index in [0.29, 0.717) is 18.2 Å². The van der Waals surface area contributed by atoms with E-state index in [1.807, 2.05) is 6.07 Å². The second-order valence-corrected chi connectivity index (χ2v) is 7.97. The Bertz CT molecular complexity index is 513. The SMILES string of the molecule is CN(Cc1ccc2c(c1)OCO2)[C@H]1CC[C@@H](C(C)(C)C)CC1. The smallest absolute Gasteiger partial charge is 0.231 e. The molecule has 0 N–H and O–H groups in total. The molecule has 1 aliphatic heterocycles. The van der Waals surface area contributed by atoms with Crippen molar-refractivity contribution in [2.75, 3.05) is 13.8 Å². The van der Waals surface area contributed by atoms with Crippen molar-refractivity contribution in [3.63, 3.8) is 0 Å². The molecule has 0 amide bonds. The van der Waals surface area contributed by atoms with Gasteiger partial charge in [0, 0.05) is 12.6 Å². The Morgan fingerprint density at radius 2 is 1.73 bits per heavy atom. The van der Waals surface area contributed by atoms with Gasteiger partial charge in [-0.25, -0.2) is 0 Å². The highest BCUT2D eigenvalue weighted by Gasteiger charge is 2.31. The lowest BCUT2D eigenvalue weighted by molar-refractivity contribution is 0.107. The molecule has 3 nitrogen and oxygen atoms in total. The summed E-state index contributed by atoms with van der Waals surface area (Å²) in [6, 6.07) is 7.02. The topological polar surface area (TPSA) is 21.7 Å². The Hall–Kier alpha value is -1.22. The molecule has 2 aliphatic rings. The molecule has 22 heavy (non-hydrogen) atoms. The van der Waals surface area contributed by atoms with Gasteiger partial charge < -0.3 is 9.47 Å². The molecule has 0 saturated heterocycles. The fourth-order valence-electron chi connectivity index (χ4n) is 3.84. The molecule has 1 heterocycles. The fraction of sp³-hybridized carbons (Fsp3) is 0.684. The normalized spacial score (nSPS) is 24.8. The quantitative estimate of drug-likeness (QED) is 0.823. The van der Waals surface area contributed by atoms with Gasteiger partial charge in [-0.2, -0.15) is 0 Å². The Kier molecular flexibility index (Phi) is 4.35. The molecule has 1 aromatic rings. The van der Waals surface area contributed by atoms with E-state index in [4.69, 9.17) is 9.47 Å². The highest BCUT2D eigenvalue weighted by molar-refractivity contribution is 5.44. The van der Waals surface area contributed by atoms with Crippen LogP contribution in [-0.4, -0.2) is 24.8 Å². The van der Waals surface area contributed by atoms with Gasteiger partial charge in [-0.3, -0.25) is 4.90 Å². The summed E-state index contributed by atoms with van der Waals surface area (Å²) in [5.74, 6) is 2.64. The van der Waals surface area contributed by atoms with E-state index in [-0.39, 0.29) is 0 Å². The van der Waals surface area contributed by atoms with Crippen LogP contribution in [0.5, 0.6) is 11.5 Å². The van der Waals surface area contributed by atoms with Crippen molar-refractivity contribution in [2.45, 2.75) is 59.0 Å². The number of nitrogens with zero attached hydrogens (tertiary/aromatic N) is 1. The molecule has 1 fully saturated rings. The largest absolute Gasteiger partial charge is 0.454 e. The van der Waals surface area contributed by atoms with Crippen LogP contribution < -0.4 is 9.47 Å². The van der Waals surface area contributed by atoms with Crippen molar-refractivity contribution in [3.05, 3.63) is 23.8 Å². The summed E-state index contributed by atoms with van der Waals surface area (Å²) in [6.07, 6.45) is 5.37. The first-order valence-corrected chi connectivity index (χ1v) is 8.52. The zero-order valence-electron chi connectivity index (χ0n) is 14.4. The van der Waals surface area contributed by atoms with Crippen molar-refractivity contribution < 1.29 is 9.47 Å². The van der Waals surface area contributed by atoms with Gasteiger partial charge in [0.25, 0.3) is 0 Å². The highest BCUT2D eigenvalue weighted by atomic mass is 16.7. The molecule has 0 radical (unpaired) electrons. The van der Waals surface area contributed by atoms with Crippen LogP contribution >= 0.6 is 0 Å². The first-order valence-electron chi connectivity index (χ1n) is 8.52. The minimum Gasteiger partial charge on any atom is -0.454 e. The third-order valence-corrected chi connectivity index (χ3v) is 5.41. The molecule has 122 valence electrons. The van der Waals surface area contributed by atoms with Crippen LogP contribution in [-0.2, 0) is 6.54 Å². The van der Waals surface area contributed by atoms with Crippen LogP contribution in [0.15, 0.2) is 18.2 Å². The summed E-state index contributed by atoms with van der Waals surface area (Å²) in [5, 5.41) is 0. The van der Waals surface area contributed by atoms with Crippen LogP contribution in [0.2, 0.25) is 0 Å². The number of hydrogen-bond acceptors (Lipinski definition) is 3. The highest BCUT2D eigenvalue weighted by Crippen LogP contribution is 2.39. The van der Waals surface area contributed by atoms with Gasteiger partial charge in [0.15, 0.2) is 11.5 Å². The standard InChI is InChI=1S/C19H29NO2/c1-19(2,3)15-6-8-16(9-7-15)20(4)12-14-5-10-17-18(11-14)22-13-21-17/h5,10-11,15-16H,6-9,12-13H2,1-4H3/t15-,16+. The van der Waals surface area contributed by atoms with E-state index in [1.165, 1.54) is 31.2 Å². The lowest BCUT2D eigenvalue weighted by Crippen LogP contribution is -2.37. The molecule has 0 spiro atoms. The minimum atomic E-state index is 0.353. The predicted octanol–water partition coefficient (Wildman–Crippen LogP) is 4.45. The van der Waals surface area contributed by atoms with E-state index in [9.17, 15) is 0 Å². The number of hydrogen-bond donors (Lipinski definition) is 0. The average molecular weight is 303 g/mol. The zero-order valence-corrected chi connectivity index (χ0v) is 14.4. The van der Waals surface area contributed by atoms with Gasteiger partial charge in [0.1, 0.15) is 0 Å². The molecular formula is C19H29NO2. The zero-order chi connectivity index (χ0) is 15.7. The van der Waals surface area contributed by atoms with E-state index >= 15 is 0 Å². The number of benzene rings is 1. The summed E-state index contributed by atoms with van der Waals surface area (Å²) >= 11 is 0. The van der Waals surface area contributed by atoms with Gasteiger partial charge in [0.2, 0.25) is 6.79 Å². The Labute approximate surface area is 134 Å². The number of fused-ring (bicyclic) bond motifs is 1. The maximum atomic E-state index is 5.48. The fourth-order valence-corrected chi connectivity index (χ4v) is 3.84. The summed E-state index contributed by atoms with van der Waals surface area (Å²) in [4.78, 5) is 2.51. The molecule has 1 aliphatic carbocycles. The summed E-state index contributed by atoms with van der Waals surface area (Å²) in [7, 11) is 2.26. The molecule has 0 unspecified atom stereocenters. The number of ether oxygens (including phenoxy) is 2. The van der Waals surface area contributed by atoms with Crippen LogP contribution in [0.25, 0.3) is 0 Å². The van der Waals surface area contributed by atoms with Crippen molar-refractivity contribution in [1.29, 1.82) is 0 Å². The van der Waals surface area contributed by atoms with Crippen LogP contribution in [0.3, 0.4) is 0 Å². The van der Waals surface area contributed by atoms with Crippen molar-refractivity contribution >= 4 is 0 Å². The maximum absolute atomic E-state index is 5.48. The molecule has 3 rings (SSSR count). The van der Waals surface area contributed by atoms with Crippen molar-refractivity contribution in [2.24, 2.45) is 11.3 Å². The average Bonchev–Trinajstić information content (AvgIpc) is 2.94. The minimum absolute atomic E-state index is 0.353. The van der Waals surface area contributed by atoms with E-state index in [1.54, 1.807) is 0 Å². The molecule has 0 aromatic heterocycles. The summed E-state index contributed by atoms with van der Waals surface area (Å²) < 4.78 is 10.9. The van der Waals surface area contributed by atoms with Gasteiger partial charge >= 0.3 is 0 Å². The van der Waals surface area contributed by atoms with Gasteiger partial charge in [0.05, 0.1) is 0 Å². The first-order chi connectivity index (χ1) is 10.4. The Balaban J connectivity index is 1.56. The van der Waals surface area contributed by atoms with E-state index in [0.717, 1.165) is 24.0 Å². The van der Waals surface area contributed by atoms with Gasteiger partial charge in [-0.1, -0.05) is 26.8 Å². The van der Waals surface area contributed by atoms with E-state index in [2.05, 4.69) is 44.9 Å². The van der Waals surface area contributed by atoms with Gasteiger partial charge in [-0.05, 0) is 61.8 Å². The maximum Gasteiger partial charge on any atom is 0.231 e.